The lowest BCUT2D eigenvalue weighted by atomic mass is 10.2. The predicted octanol–water partition coefficient (Wildman–Crippen LogP) is 4.75. The Morgan fingerprint density at radius 2 is 1.63 bits per heavy atom. The molecule has 0 aliphatic rings. The van der Waals surface area contributed by atoms with E-state index in [-0.39, 0.29) is 5.91 Å². The van der Waals surface area contributed by atoms with Crippen LogP contribution in [0.15, 0.2) is 60.8 Å². The van der Waals surface area contributed by atoms with Crippen molar-refractivity contribution in [1.82, 2.24) is 4.98 Å². The van der Waals surface area contributed by atoms with Gasteiger partial charge in [-0.15, -0.1) is 0 Å². The van der Waals surface area contributed by atoms with Crippen molar-refractivity contribution < 1.29 is 14.3 Å². The first kappa shape index (κ1) is 18.5. The number of anilines is 3. The number of amides is 1. The molecule has 0 saturated carbocycles. The van der Waals surface area contributed by atoms with E-state index in [1.54, 1.807) is 62.9 Å². The van der Waals surface area contributed by atoms with Gasteiger partial charge in [0.05, 0.1) is 14.2 Å². The average Bonchev–Trinajstić information content (AvgIpc) is 2.70. The quantitative estimate of drug-likeness (QED) is 0.642. The molecule has 0 aliphatic carbocycles. The fraction of sp³-hybridized carbons (Fsp3) is 0.100. The lowest BCUT2D eigenvalue weighted by Crippen LogP contribution is -2.12. The van der Waals surface area contributed by atoms with Gasteiger partial charge < -0.3 is 20.1 Å². The molecule has 6 nitrogen and oxygen atoms in total. The predicted molar refractivity (Wildman–Crippen MR) is 106 cm³/mol. The number of hydrogen-bond acceptors (Lipinski definition) is 5. The number of halogens is 1. The fourth-order valence-electron chi connectivity index (χ4n) is 2.44. The highest BCUT2D eigenvalue weighted by molar-refractivity contribution is 6.30. The van der Waals surface area contributed by atoms with E-state index < -0.39 is 0 Å². The van der Waals surface area contributed by atoms with Crippen LogP contribution in [0.5, 0.6) is 11.5 Å². The lowest BCUT2D eigenvalue weighted by Gasteiger charge is -2.11. The first-order valence-corrected chi connectivity index (χ1v) is 8.49. The third-order valence-corrected chi connectivity index (χ3v) is 4.03. The van der Waals surface area contributed by atoms with Gasteiger partial charge in [0.1, 0.15) is 5.82 Å². The highest BCUT2D eigenvalue weighted by atomic mass is 35.5. The summed E-state index contributed by atoms with van der Waals surface area (Å²) in [5, 5.41) is 6.62. The summed E-state index contributed by atoms with van der Waals surface area (Å²) in [6.07, 6.45) is 1.57. The Kier molecular flexibility index (Phi) is 5.78. The summed E-state index contributed by atoms with van der Waals surface area (Å²) in [7, 11) is 3.10. The molecule has 0 bridgehead atoms. The molecular weight excluding hydrogens is 366 g/mol. The second-order valence-corrected chi connectivity index (χ2v) is 6.02. The molecule has 0 saturated heterocycles. The molecule has 27 heavy (non-hydrogen) atoms. The van der Waals surface area contributed by atoms with Crippen molar-refractivity contribution >= 4 is 34.7 Å². The Morgan fingerprint density at radius 3 is 2.33 bits per heavy atom. The molecular formula is C20H18ClN3O3. The molecule has 3 rings (SSSR count). The van der Waals surface area contributed by atoms with Gasteiger partial charge >= 0.3 is 0 Å². The van der Waals surface area contributed by atoms with E-state index in [4.69, 9.17) is 21.1 Å². The van der Waals surface area contributed by atoms with Gasteiger partial charge in [0.25, 0.3) is 5.91 Å². The average molecular weight is 384 g/mol. The number of hydrogen-bond donors (Lipinski definition) is 2. The van der Waals surface area contributed by atoms with Crippen LogP contribution in [0.1, 0.15) is 10.4 Å². The van der Waals surface area contributed by atoms with Gasteiger partial charge in [-0.05, 0) is 48.5 Å². The highest BCUT2D eigenvalue weighted by Crippen LogP contribution is 2.30. The van der Waals surface area contributed by atoms with E-state index >= 15 is 0 Å². The van der Waals surface area contributed by atoms with Crippen LogP contribution in [0.3, 0.4) is 0 Å². The van der Waals surface area contributed by atoms with Crippen LogP contribution in [-0.2, 0) is 0 Å². The Balaban J connectivity index is 1.74. The van der Waals surface area contributed by atoms with Crippen LogP contribution in [0, 0.1) is 0 Å². The van der Waals surface area contributed by atoms with Crippen LogP contribution in [0.4, 0.5) is 17.2 Å². The van der Waals surface area contributed by atoms with Crippen molar-refractivity contribution in [3.63, 3.8) is 0 Å². The zero-order valence-electron chi connectivity index (χ0n) is 14.8. The molecule has 3 aromatic rings. The number of nitrogens with zero attached hydrogens (tertiary/aromatic N) is 1. The maximum Gasteiger partial charge on any atom is 0.255 e. The molecule has 138 valence electrons. The van der Waals surface area contributed by atoms with Crippen molar-refractivity contribution in [2.45, 2.75) is 0 Å². The molecule has 0 spiro atoms. The number of carbonyl (C=O) groups excluding carboxylic acids is 1. The van der Waals surface area contributed by atoms with Gasteiger partial charge in [-0.2, -0.15) is 0 Å². The first-order chi connectivity index (χ1) is 13.1. The largest absolute Gasteiger partial charge is 0.493 e. The monoisotopic (exact) mass is 383 g/mol. The zero-order chi connectivity index (χ0) is 19.2. The van der Waals surface area contributed by atoms with Crippen LogP contribution in [0.25, 0.3) is 0 Å². The summed E-state index contributed by atoms with van der Waals surface area (Å²) in [6, 6.07) is 15.7. The number of carbonyl (C=O) groups is 1. The Labute approximate surface area is 162 Å². The van der Waals surface area contributed by atoms with Gasteiger partial charge in [0.15, 0.2) is 11.5 Å². The maximum absolute atomic E-state index is 12.6. The standard InChI is InChI=1S/C20H18ClN3O3/c1-26-17-8-7-16(12-18(17)27-2)24-20(25)13-9-10-22-19(11-13)23-15-5-3-14(21)4-6-15/h3-12H,1-2H3,(H,22,23)(H,24,25). The number of benzene rings is 2. The minimum absolute atomic E-state index is 0.260. The molecule has 0 unspecified atom stereocenters. The molecule has 2 aromatic carbocycles. The smallest absolute Gasteiger partial charge is 0.255 e. The van der Waals surface area contributed by atoms with E-state index in [0.717, 1.165) is 5.69 Å². The Bertz CT molecular complexity index is 945. The van der Waals surface area contributed by atoms with Crippen molar-refractivity contribution in [2.24, 2.45) is 0 Å². The zero-order valence-corrected chi connectivity index (χ0v) is 15.6. The fourth-order valence-corrected chi connectivity index (χ4v) is 2.56. The van der Waals surface area contributed by atoms with E-state index in [1.807, 2.05) is 12.1 Å². The molecule has 1 amide bonds. The molecule has 1 heterocycles. The van der Waals surface area contributed by atoms with Gasteiger partial charge in [-0.1, -0.05) is 11.6 Å². The molecule has 0 fully saturated rings. The van der Waals surface area contributed by atoms with E-state index in [2.05, 4.69) is 15.6 Å². The summed E-state index contributed by atoms with van der Waals surface area (Å²) in [5.74, 6) is 1.42. The van der Waals surface area contributed by atoms with Crippen molar-refractivity contribution in [2.75, 3.05) is 24.9 Å². The minimum atomic E-state index is -0.260. The molecule has 1 aromatic heterocycles. The molecule has 0 aliphatic heterocycles. The Hall–Kier alpha value is -3.25. The lowest BCUT2D eigenvalue weighted by molar-refractivity contribution is 0.102. The van der Waals surface area contributed by atoms with Gasteiger partial charge in [0, 0.05) is 34.2 Å². The van der Waals surface area contributed by atoms with Crippen molar-refractivity contribution in [3.8, 4) is 11.5 Å². The number of nitrogens with one attached hydrogen (secondary N) is 2. The second-order valence-electron chi connectivity index (χ2n) is 5.59. The minimum Gasteiger partial charge on any atom is -0.493 e. The van der Waals surface area contributed by atoms with Crippen LogP contribution in [-0.4, -0.2) is 25.1 Å². The van der Waals surface area contributed by atoms with Crippen molar-refractivity contribution in [1.29, 1.82) is 0 Å². The Morgan fingerprint density at radius 1 is 0.926 bits per heavy atom. The van der Waals surface area contributed by atoms with Gasteiger partial charge in [0.2, 0.25) is 0 Å². The molecule has 0 radical (unpaired) electrons. The van der Waals surface area contributed by atoms with Crippen LogP contribution >= 0.6 is 11.6 Å². The first-order valence-electron chi connectivity index (χ1n) is 8.11. The number of pyridine rings is 1. The number of methoxy groups -OCH3 is 2. The summed E-state index contributed by atoms with van der Waals surface area (Å²) in [5.41, 5.74) is 1.89. The van der Waals surface area contributed by atoms with Crippen LogP contribution in [0.2, 0.25) is 5.02 Å². The SMILES string of the molecule is COc1ccc(NC(=O)c2ccnc(Nc3ccc(Cl)cc3)c2)cc1OC. The third-order valence-electron chi connectivity index (χ3n) is 3.78. The topological polar surface area (TPSA) is 72.5 Å². The van der Waals surface area contributed by atoms with Crippen LogP contribution < -0.4 is 20.1 Å². The van der Waals surface area contributed by atoms with Crippen molar-refractivity contribution in [3.05, 3.63) is 71.4 Å². The van der Waals surface area contributed by atoms with Gasteiger partial charge in [-0.25, -0.2) is 4.98 Å². The summed E-state index contributed by atoms with van der Waals surface area (Å²) in [6.45, 7) is 0. The van der Waals surface area contributed by atoms with E-state index in [1.165, 1.54) is 0 Å². The van der Waals surface area contributed by atoms with Gasteiger partial charge in [-0.3, -0.25) is 4.79 Å². The molecule has 2 N–H and O–H groups in total. The highest BCUT2D eigenvalue weighted by Gasteiger charge is 2.10. The number of aromatic nitrogens is 1. The number of ether oxygens (including phenoxy) is 2. The normalized spacial score (nSPS) is 10.2. The summed E-state index contributed by atoms with van der Waals surface area (Å²) < 4.78 is 10.5. The summed E-state index contributed by atoms with van der Waals surface area (Å²) in [4.78, 5) is 16.8. The summed E-state index contributed by atoms with van der Waals surface area (Å²) >= 11 is 5.89. The maximum atomic E-state index is 12.6. The second kappa shape index (κ2) is 8.42. The molecule has 7 heteroatoms. The van der Waals surface area contributed by atoms with E-state index in [0.29, 0.717) is 33.6 Å². The molecule has 0 atom stereocenters. The third kappa shape index (κ3) is 4.68. The van der Waals surface area contributed by atoms with E-state index in [9.17, 15) is 4.79 Å². The number of rotatable bonds is 6.